The molecule has 1 aromatic carbocycles. The summed E-state index contributed by atoms with van der Waals surface area (Å²) < 4.78 is 22.9. The third-order valence-corrected chi connectivity index (χ3v) is 5.06. The van der Waals surface area contributed by atoms with E-state index in [2.05, 4.69) is 5.32 Å². The fraction of sp³-hybridized carbons (Fsp3) is 0.417. The van der Waals surface area contributed by atoms with Crippen molar-refractivity contribution in [2.45, 2.75) is 18.9 Å². The molecule has 1 unspecified atom stereocenters. The van der Waals surface area contributed by atoms with E-state index in [9.17, 15) is 18.3 Å². The summed E-state index contributed by atoms with van der Waals surface area (Å²) in [4.78, 5) is 11.9. The Morgan fingerprint density at radius 2 is 2.16 bits per heavy atom. The lowest BCUT2D eigenvalue weighted by Gasteiger charge is -2.23. The molecule has 0 saturated carbocycles. The van der Waals surface area contributed by atoms with Gasteiger partial charge in [0.1, 0.15) is 5.75 Å². The summed E-state index contributed by atoms with van der Waals surface area (Å²) in [6.07, 6.45) is 1.17. The Morgan fingerprint density at radius 3 is 2.79 bits per heavy atom. The fourth-order valence-electron chi connectivity index (χ4n) is 2.10. The lowest BCUT2D eigenvalue weighted by atomic mass is 10.1. The van der Waals surface area contributed by atoms with Crippen molar-refractivity contribution >= 4 is 27.3 Å². The van der Waals surface area contributed by atoms with Crippen LogP contribution in [0.1, 0.15) is 23.2 Å². The van der Waals surface area contributed by atoms with E-state index in [-0.39, 0.29) is 22.8 Å². The van der Waals surface area contributed by atoms with Gasteiger partial charge in [-0.1, -0.05) is 11.6 Å². The average Bonchev–Trinajstić information content (AvgIpc) is 2.27. The number of phenols is 1. The summed E-state index contributed by atoms with van der Waals surface area (Å²) in [5, 5.41) is 12.6. The first kappa shape index (κ1) is 14.1. The summed E-state index contributed by atoms with van der Waals surface area (Å²) in [6.45, 7) is 0. The number of nitrogens with one attached hydrogen (secondary N) is 1. The van der Waals surface area contributed by atoms with Crippen LogP contribution in [0.25, 0.3) is 0 Å². The van der Waals surface area contributed by atoms with Gasteiger partial charge in [0, 0.05) is 11.1 Å². The van der Waals surface area contributed by atoms with Crippen LogP contribution in [-0.2, 0) is 9.84 Å². The van der Waals surface area contributed by atoms with Crippen molar-refractivity contribution in [3.63, 3.8) is 0 Å². The molecule has 1 heterocycles. The van der Waals surface area contributed by atoms with E-state index in [1.807, 2.05) is 0 Å². The Hall–Kier alpha value is -1.27. The molecule has 1 amide bonds. The van der Waals surface area contributed by atoms with Crippen molar-refractivity contribution < 1.29 is 18.3 Å². The number of hydrogen-bond donors (Lipinski definition) is 2. The van der Waals surface area contributed by atoms with Gasteiger partial charge in [-0.2, -0.15) is 0 Å². The topological polar surface area (TPSA) is 83.5 Å². The van der Waals surface area contributed by atoms with Gasteiger partial charge in [-0.3, -0.25) is 4.79 Å². The van der Waals surface area contributed by atoms with E-state index in [4.69, 9.17) is 11.6 Å². The van der Waals surface area contributed by atoms with Gasteiger partial charge in [-0.25, -0.2) is 8.42 Å². The molecule has 1 fully saturated rings. The third-order valence-electron chi connectivity index (χ3n) is 3.00. The zero-order valence-corrected chi connectivity index (χ0v) is 11.7. The van der Waals surface area contributed by atoms with Crippen molar-refractivity contribution in [3.05, 3.63) is 28.8 Å². The smallest absolute Gasteiger partial charge is 0.255 e. The second kappa shape index (κ2) is 5.38. The molecule has 19 heavy (non-hydrogen) atoms. The van der Waals surface area contributed by atoms with Crippen molar-refractivity contribution in [2.24, 2.45) is 0 Å². The number of amides is 1. The van der Waals surface area contributed by atoms with Crippen LogP contribution in [0, 0.1) is 0 Å². The Bertz CT molecular complexity index is 600. The van der Waals surface area contributed by atoms with Crippen LogP contribution < -0.4 is 5.32 Å². The zero-order chi connectivity index (χ0) is 14.0. The van der Waals surface area contributed by atoms with E-state index >= 15 is 0 Å². The molecule has 0 bridgehead atoms. The molecule has 1 atom stereocenters. The highest BCUT2D eigenvalue weighted by Gasteiger charge is 2.26. The first-order chi connectivity index (χ1) is 8.87. The molecule has 1 aromatic rings. The highest BCUT2D eigenvalue weighted by atomic mass is 35.5. The van der Waals surface area contributed by atoms with E-state index in [1.165, 1.54) is 18.2 Å². The Labute approximate surface area is 116 Å². The predicted molar refractivity (Wildman–Crippen MR) is 72.3 cm³/mol. The van der Waals surface area contributed by atoms with Crippen molar-refractivity contribution in [1.29, 1.82) is 0 Å². The van der Waals surface area contributed by atoms with Crippen molar-refractivity contribution in [2.75, 3.05) is 11.5 Å². The standard InChI is InChI=1S/C12H14ClNO4S/c13-8-3-4-10(11(15)6-8)12(16)14-9-2-1-5-19(17,18)7-9/h3-4,6,9,15H,1-2,5,7H2,(H,14,16). The van der Waals surface area contributed by atoms with Crippen LogP contribution in [0.5, 0.6) is 5.75 Å². The van der Waals surface area contributed by atoms with Gasteiger partial charge in [0.05, 0.1) is 17.1 Å². The molecule has 0 aromatic heterocycles. The zero-order valence-electron chi connectivity index (χ0n) is 10.1. The SMILES string of the molecule is O=C(NC1CCCS(=O)(=O)C1)c1ccc(Cl)cc1O. The van der Waals surface area contributed by atoms with Crippen molar-refractivity contribution in [1.82, 2.24) is 5.32 Å². The molecule has 0 spiro atoms. The number of phenolic OH excluding ortho intramolecular Hbond substituents is 1. The van der Waals surface area contributed by atoms with Gasteiger partial charge in [0.25, 0.3) is 5.91 Å². The van der Waals surface area contributed by atoms with E-state index in [0.29, 0.717) is 17.9 Å². The molecule has 104 valence electrons. The van der Waals surface area contributed by atoms with Crippen LogP contribution in [0.3, 0.4) is 0 Å². The van der Waals surface area contributed by atoms with Gasteiger partial charge in [-0.05, 0) is 31.0 Å². The van der Waals surface area contributed by atoms with Crippen LogP contribution in [0.15, 0.2) is 18.2 Å². The third kappa shape index (κ3) is 3.61. The summed E-state index contributed by atoms with van der Waals surface area (Å²) >= 11 is 5.68. The van der Waals surface area contributed by atoms with Crippen LogP contribution in [0.2, 0.25) is 5.02 Å². The average molecular weight is 304 g/mol. The Morgan fingerprint density at radius 1 is 1.42 bits per heavy atom. The molecular weight excluding hydrogens is 290 g/mol. The van der Waals surface area contributed by atoms with E-state index < -0.39 is 21.8 Å². The van der Waals surface area contributed by atoms with Gasteiger partial charge in [0.2, 0.25) is 0 Å². The van der Waals surface area contributed by atoms with Crippen LogP contribution >= 0.6 is 11.6 Å². The lowest BCUT2D eigenvalue weighted by Crippen LogP contribution is -2.43. The van der Waals surface area contributed by atoms with Gasteiger partial charge >= 0.3 is 0 Å². The largest absolute Gasteiger partial charge is 0.507 e. The predicted octanol–water partition coefficient (Wildman–Crippen LogP) is 1.35. The number of carbonyl (C=O) groups excluding carboxylic acids is 1. The molecule has 2 N–H and O–H groups in total. The minimum absolute atomic E-state index is 0.0485. The maximum Gasteiger partial charge on any atom is 0.255 e. The minimum atomic E-state index is -3.07. The minimum Gasteiger partial charge on any atom is -0.507 e. The van der Waals surface area contributed by atoms with Crippen molar-refractivity contribution in [3.8, 4) is 5.75 Å². The Balaban J connectivity index is 2.09. The number of hydrogen-bond acceptors (Lipinski definition) is 4. The molecule has 2 rings (SSSR count). The summed E-state index contributed by atoms with van der Waals surface area (Å²) in [5.41, 5.74) is 0.0902. The highest BCUT2D eigenvalue weighted by Crippen LogP contribution is 2.22. The monoisotopic (exact) mass is 303 g/mol. The molecule has 0 radical (unpaired) electrons. The first-order valence-electron chi connectivity index (χ1n) is 5.87. The summed E-state index contributed by atoms with van der Waals surface area (Å²) in [7, 11) is -3.07. The molecule has 0 aliphatic carbocycles. The Kier molecular flexibility index (Phi) is 4.01. The highest BCUT2D eigenvalue weighted by molar-refractivity contribution is 7.91. The quantitative estimate of drug-likeness (QED) is 0.864. The normalized spacial score (nSPS) is 21.8. The number of benzene rings is 1. The fourth-order valence-corrected chi connectivity index (χ4v) is 3.90. The molecule has 5 nitrogen and oxygen atoms in total. The maximum atomic E-state index is 11.9. The second-order valence-corrected chi connectivity index (χ2v) is 7.25. The molecular formula is C12H14ClNO4S. The number of rotatable bonds is 2. The van der Waals surface area contributed by atoms with E-state index in [0.717, 1.165) is 0 Å². The van der Waals surface area contributed by atoms with E-state index in [1.54, 1.807) is 0 Å². The molecule has 1 aliphatic rings. The lowest BCUT2D eigenvalue weighted by molar-refractivity contribution is 0.0935. The number of aromatic hydroxyl groups is 1. The summed E-state index contributed by atoms with van der Waals surface area (Å²) in [6, 6.07) is 3.77. The number of halogens is 1. The molecule has 1 aliphatic heterocycles. The second-order valence-electron chi connectivity index (χ2n) is 4.59. The number of carbonyl (C=O) groups is 1. The van der Waals surface area contributed by atoms with Crippen LogP contribution in [-0.4, -0.2) is 37.0 Å². The summed E-state index contributed by atoms with van der Waals surface area (Å²) in [5.74, 6) is -0.585. The van der Waals surface area contributed by atoms with Gasteiger partial charge in [0.15, 0.2) is 9.84 Å². The molecule has 7 heteroatoms. The van der Waals surface area contributed by atoms with Gasteiger partial charge < -0.3 is 10.4 Å². The first-order valence-corrected chi connectivity index (χ1v) is 8.07. The van der Waals surface area contributed by atoms with Crippen LogP contribution in [0.4, 0.5) is 0 Å². The molecule has 1 saturated heterocycles. The number of sulfone groups is 1. The van der Waals surface area contributed by atoms with Gasteiger partial charge in [-0.15, -0.1) is 0 Å². The maximum absolute atomic E-state index is 11.9.